The van der Waals surface area contributed by atoms with Crippen LogP contribution < -0.4 is 0 Å². The highest BCUT2D eigenvalue weighted by Crippen LogP contribution is 2.42. The van der Waals surface area contributed by atoms with Crippen LogP contribution in [0.2, 0.25) is 5.02 Å². The van der Waals surface area contributed by atoms with Crippen molar-refractivity contribution < 1.29 is 5.11 Å². The van der Waals surface area contributed by atoms with Crippen molar-refractivity contribution in [3.63, 3.8) is 0 Å². The highest BCUT2D eigenvalue weighted by Gasteiger charge is 2.37. The number of aliphatic hydroxyl groups is 1. The van der Waals surface area contributed by atoms with Gasteiger partial charge >= 0.3 is 0 Å². The summed E-state index contributed by atoms with van der Waals surface area (Å²) in [5.74, 6) is 0.755. The molecule has 174 valence electrons. The minimum absolute atomic E-state index is 0.536. The summed E-state index contributed by atoms with van der Waals surface area (Å²) in [4.78, 5) is 9.15. The Bertz CT molecular complexity index is 1610. The zero-order valence-corrected chi connectivity index (χ0v) is 20.0. The largest absolute Gasteiger partial charge is 0.376 e. The van der Waals surface area contributed by atoms with Gasteiger partial charge < -0.3 is 5.11 Å². The summed E-state index contributed by atoms with van der Waals surface area (Å²) in [5.41, 5.74) is 4.17. The summed E-state index contributed by atoms with van der Waals surface area (Å²) in [5, 5.41) is 13.2. The first-order valence-corrected chi connectivity index (χ1v) is 12.1. The number of benzene rings is 4. The summed E-state index contributed by atoms with van der Waals surface area (Å²) in [6.45, 7) is 0. The number of hydrogen-bond donors (Lipinski definition) is 1. The van der Waals surface area contributed by atoms with Crippen LogP contribution in [0.4, 0.5) is 0 Å². The predicted molar refractivity (Wildman–Crippen MR) is 144 cm³/mol. The molecule has 4 aromatic carbocycles. The van der Waals surface area contributed by atoms with Crippen molar-refractivity contribution in [3.05, 3.63) is 149 Å². The molecule has 1 N–H and O–H groups in total. The average molecular weight is 488 g/mol. The van der Waals surface area contributed by atoms with E-state index in [1.165, 1.54) is 0 Å². The Labute approximate surface area is 214 Å². The second kappa shape index (κ2) is 9.08. The summed E-state index contributed by atoms with van der Waals surface area (Å²) in [7, 11) is 0. The van der Waals surface area contributed by atoms with E-state index < -0.39 is 5.60 Å². The Morgan fingerprint density at radius 2 is 1.31 bits per heavy atom. The molecule has 0 amide bonds. The Morgan fingerprint density at radius 3 is 1.97 bits per heavy atom. The fourth-order valence-electron chi connectivity index (χ4n) is 4.79. The molecule has 6 rings (SSSR count). The van der Waals surface area contributed by atoms with Gasteiger partial charge in [-0.1, -0.05) is 84.4 Å². The molecule has 0 aliphatic carbocycles. The van der Waals surface area contributed by atoms with Gasteiger partial charge in [-0.05, 0) is 53.6 Å². The molecule has 4 nitrogen and oxygen atoms in total. The molecular weight excluding hydrogens is 466 g/mol. The molecule has 0 fully saturated rings. The van der Waals surface area contributed by atoms with E-state index in [9.17, 15) is 5.11 Å². The van der Waals surface area contributed by atoms with E-state index in [0.717, 1.165) is 39.2 Å². The van der Waals surface area contributed by atoms with E-state index in [1.807, 2.05) is 115 Å². The zero-order valence-electron chi connectivity index (χ0n) is 19.3. The third-order valence-corrected chi connectivity index (χ3v) is 6.71. The van der Waals surface area contributed by atoms with Crippen molar-refractivity contribution in [3.8, 4) is 17.1 Å². The van der Waals surface area contributed by atoms with Gasteiger partial charge in [0.2, 0.25) is 0 Å². The van der Waals surface area contributed by atoms with Crippen LogP contribution in [0.3, 0.4) is 0 Å². The number of halogens is 1. The molecule has 0 radical (unpaired) electrons. The molecule has 0 aliphatic rings. The van der Waals surface area contributed by atoms with Gasteiger partial charge in [-0.15, -0.1) is 0 Å². The summed E-state index contributed by atoms with van der Waals surface area (Å²) in [6, 6.07) is 36.9. The first-order valence-electron chi connectivity index (χ1n) is 11.7. The Hall–Kier alpha value is -4.25. The number of rotatable bonds is 5. The van der Waals surface area contributed by atoms with Gasteiger partial charge in [-0.2, -0.15) is 0 Å². The van der Waals surface area contributed by atoms with E-state index in [-0.39, 0.29) is 0 Å². The van der Waals surface area contributed by atoms with E-state index in [0.29, 0.717) is 10.6 Å². The van der Waals surface area contributed by atoms with Crippen molar-refractivity contribution in [2.45, 2.75) is 5.60 Å². The Kier molecular flexibility index (Phi) is 5.61. The lowest BCUT2D eigenvalue weighted by molar-refractivity contribution is 0.125. The summed E-state index contributed by atoms with van der Waals surface area (Å²) >= 11 is 6.59. The lowest BCUT2D eigenvalue weighted by Gasteiger charge is -2.32. The third kappa shape index (κ3) is 3.68. The van der Waals surface area contributed by atoms with Crippen molar-refractivity contribution in [2.75, 3.05) is 0 Å². The maximum absolute atomic E-state index is 12.7. The number of fused-ring (bicyclic) bond motifs is 1. The molecule has 0 bridgehead atoms. The SMILES string of the molecule is OC(c1ccccc1)(c1ccccc1)c1cc(Cl)ccc1-n1c(-c2ccncc2)nc2ccccc21. The fraction of sp³-hybridized carbons (Fsp3) is 0.0323. The standard InChI is InChI=1S/C31H22ClN3O/c32-25-15-16-28(35-29-14-8-7-13-27(29)34-30(35)22-17-19-33-20-18-22)26(21-25)31(36,23-9-3-1-4-10-23)24-11-5-2-6-12-24/h1-21,36H. The van der Waals surface area contributed by atoms with E-state index in [2.05, 4.69) is 9.55 Å². The van der Waals surface area contributed by atoms with Gasteiger partial charge in [0.25, 0.3) is 0 Å². The maximum atomic E-state index is 12.7. The minimum atomic E-state index is -1.47. The smallest absolute Gasteiger partial charge is 0.145 e. The highest BCUT2D eigenvalue weighted by atomic mass is 35.5. The van der Waals surface area contributed by atoms with Crippen LogP contribution in [0.1, 0.15) is 16.7 Å². The summed E-state index contributed by atoms with van der Waals surface area (Å²) in [6.07, 6.45) is 3.51. The number of imidazole rings is 1. The van der Waals surface area contributed by atoms with Crippen molar-refractivity contribution in [1.82, 2.24) is 14.5 Å². The van der Waals surface area contributed by atoms with Crippen molar-refractivity contribution in [1.29, 1.82) is 0 Å². The van der Waals surface area contributed by atoms with Crippen LogP contribution in [-0.2, 0) is 5.60 Å². The predicted octanol–water partition coefficient (Wildman–Crippen LogP) is 7.03. The van der Waals surface area contributed by atoms with Gasteiger partial charge in [0.05, 0.1) is 16.7 Å². The molecular formula is C31H22ClN3O. The first kappa shape index (κ1) is 22.2. The lowest BCUT2D eigenvalue weighted by Crippen LogP contribution is -2.30. The normalized spacial score (nSPS) is 11.6. The second-order valence-corrected chi connectivity index (χ2v) is 9.04. The van der Waals surface area contributed by atoms with E-state index in [1.54, 1.807) is 12.4 Å². The molecule has 0 aliphatic heterocycles. The monoisotopic (exact) mass is 487 g/mol. The fourth-order valence-corrected chi connectivity index (χ4v) is 4.97. The minimum Gasteiger partial charge on any atom is -0.376 e. The summed E-state index contributed by atoms with van der Waals surface area (Å²) < 4.78 is 2.09. The molecule has 6 aromatic rings. The molecule has 2 heterocycles. The molecule has 0 saturated heterocycles. The third-order valence-electron chi connectivity index (χ3n) is 6.47. The van der Waals surface area contributed by atoms with E-state index >= 15 is 0 Å². The molecule has 0 unspecified atom stereocenters. The lowest BCUT2D eigenvalue weighted by atomic mass is 9.79. The van der Waals surface area contributed by atoms with Crippen LogP contribution in [0.15, 0.2) is 128 Å². The molecule has 0 saturated carbocycles. The quantitative estimate of drug-likeness (QED) is 0.266. The average Bonchev–Trinajstić information content (AvgIpc) is 3.33. The number of nitrogens with zero attached hydrogens (tertiary/aromatic N) is 3. The first-order chi connectivity index (χ1) is 17.7. The maximum Gasteiger partial charge on any atom is 0.145 e. The van der Waals surface area contributed by atoms with Gasteiger partial charge in [-0.25, -0.2) is 4.98 Å². The van der Waals surface area contributed by atoms with Gasteiger partial charge in [0.1, 0.15) is 11.4 Å². The second-order valence-electron chi connectivity index (χ2n) is 8.60. The molecule has 0 atom stereocenters. The van der Waals surface area contributed by atoms with Crippen molar-refractivity contribution in [2.24, 2.45) is 0 Å². The van der Waals surface area contributed by atoms with Gasteiger partial charge in [-0.3, -0.25) is 9.55 Å². The molecule has 5 heteroatoms. The van der Waals surface area contributed by atoms with Crippen LogP contribution in [0, 0.1) is 0 Å². The van der Waals surface area contributed by atoms with Gasteiger partial charge in [0, 0.05) is 28.5 Å². The van der Waals surface area contributed by atoms with Crippen molar-refractivity contribution >= 4 is 22.6 Å². The number of para-hydroxylation sites is 2. The van der Waals surface area contributed by atoms with Crippen LogP contribution >= 0.6 is 11.6 Å². The van der Waals surface area contributed by atoms with E-state index in [4.69, 9.17) is 16.6 Å². The molecule has 0 spiro atoms. The zero-order chi connectivity index (χ0) is 24.5. The van der Waals surface area contributed by atoms with Gasteiger partial charge in [0.15, 0.2) is 0 Å². The Balaban J connectivity index is 1.72. The number of hydrogen-bond acceptors (Lipinski definition) is 3. The van der Waals surface area contributed by atoms with Crippen LogP contribution in [0.5, 0.6) is 0 Å². The number of pyridine rings is 1. The Morgan fingerprint density at radius 1 is 0.694 bits per heavy atom. The molecule has 2 aromatic heterocycles. The van der Waals surface area contributed by atoms with Crippen LogP contribution in [-0.4, -0.2) is 19.6 Å². The number of aromatic nitrogens is 3. The molecule has 36 heavy (non-hydrogen) atoms. The topological polar surface area (TPSA) is 50.9 Å². The highest BCUT2D eigenvalue weighted by molar-refractivity contribution is 6.30. The van der Waals surface area contributed by atoms with Crippen LogP contribution in [0.25, 0.3) is 28.1 Å².